The fraction of sp³-hybridized carbons (Fsp3) is 0.348. The summed E-state index contributed by atoms with van der Waals surface area (Å²) in [6.07, 6.45) is 2.75. The van der Waals surface area contributed by atoms with E-state index in [1.807, 2.05) is 0 Å². The molecule has 0 saturated carbocycles. The molecule has 12 nitrogen and oxygen atoms in total. The maximum Gasteiger partial charge on any atom is 0.354 e. The van der Waals surface area contributed by atoms with Crippen molar-refractivity contribution in [2.75, 3.05) is 20.2 Å². The Balaban J connectivity index is 1.58. The first kappa shape index (κ1) is 26.8. The molecule has 0 aliphatic carbocycles. The van der Waals surface area contributed by atoms with Crippen LogP contribution in [0.15, 0.2) is 53.8 Å². The Labute approximate surface area is 208 Å². The molecule has 1 atom stereocenters. The number of aromatic nitrogens is 1. The highest BCUT2D eigenvalue weighted by molar-refractivity contribution is 7.88. The zero-order valence-corrected chi connectivity index (χ0v) is 20.4. The molecular formula is C23H27N5O7S. The van der Waals surface area contributed by atoms with E-state index in [9.17, 15) is 22.8 Å². The fourth-order valence-electron chi connectivity index (χ4n) is 3.54. The van der Waals surface area contributed by atoms with Crippen LogP contribution >= 0.6 is 0 Å². The van der Waals surface area contributed by atoms with E-state index in [2.05, 4.69) is 19.6 Å². The van der Waals surface area contributed by atoms with Crippen molar-refractivity contribution < 1.29 is 32.4 Å². The first-order valence-corrected chi connectivity index (χ1v) is 12.7. The molecule has 1 aliphatic rings. The summed E-state index contributed by atoms with van der Waals surface area (Å²) < 4.78 is 32.3. The van der Waals surface area contributed by atoms with Gasteiger partial charge in [0.2, 0.25) is 15.9 Å². The number of benzene rings is 1. The molecule has 2 aromatic rings. The Morgan fingerprint density at radius 2 is 1.94 bits per heavy atom. The SMILES string of the molecule is COC(=O)c1ccc(/C(N)=N/OC(=O)CN2CCCCC(NS(=O)(=O)Cc3ccccc3)C2=O)nc1. The zero-order valence-electron chi connectivity index (χ0n) is 19.6. The van der Waals surface area contributed by atoms with E-state index in [1.54, 1.807) is 30.3 Å². The minimum absolute atomic E-state index is 0.161. The molecule has 1 aliphatic heterocycles. The van der Waals surface area contributed by atoms with Gasteiger partial charge in [-0.25, -0.2) is 22.7 Å². The second kappa shape index (κ2) is 12.2. The molecule has 1 fully saturated rings. The Hall–Kier alpha value is -3.84. The third kappa shape index (κ3) is 7.58. The van der Waals surface area contributed by atoms with Crippen molar-refractivity contribution in [3.05, 3.63) is 65.5 Å². The highest BCUT2D eigenvalue weighted by Crippen LogP contribution is 2.15. The molecule has 0 bridgehead atoms. The molecule has 0 radical (unpaired) electrons. The average molecular weight is 518 g/mol. The largest absolute Gasteiger partial charge is 0.465 e. The van der Waals surface area contributed by atoms with Crippen LogP contribution in [0, 0.1) is 0 Å². The number of sulfonamides is 1. The zero-order chi connectivity index (χ0) is 26.1. The van der Waals surface area contributed by atoms with Gasteiger partial charge < -0.3 is 20.2 Å². The highest BCUT2D eigenvalue weighted by atomic mass is 32.2. The lowest BCUT2D eigenvalue weighted by molar-refractivity contribution is -0.149. The van der Waals surface area contributed by atoms with Gasteiger partial charge >= 0.3 is 11.9 Å². The van der Waals surface area contributed by atoms with Crippen LogP contribution in [0.4, 0.5) is 0 Å². The summed E-state index contributed by atoms with van der Waals surface area (Å²) in [5.41, 5.74) is 6.74. The minimum Gasteiger partial charge on any atom is -0.465 e. The summed E-state index contributed by atoms with van der Waals surface area (Å²) in [6.45, 7) is -0.165. The summed E-state index contributed by atoms with van der Waals surface area (Å²) >= 11 is 0. The number of nitrogens with two attached hydrogens (primary N) is 1. The number of esters is 1. The van der Waals surface area contributed by atoms with Crippen molar-refractivity contribution in [2.24, 2.45) is 10.9 Å². The van der Waals surface area contributed by atoms with Crippen LogP contribution < -0.4 is 10.5 Å². The Morgan fingerprint density at radius 1 is 1.19 bits per heavy atom. The monoisotopic (exact) mass is 517 g/mol. The second-order valence-electron chi connectivity index (χ2n) is 8.03. The number of rotatable bonds is 9. The van der Waals surface area contributed by atoms with Gasteiger partial charge in [-0.05, 0) is 37.0 Å². The molecule has 1 saturated heterocycles. The standard InChI is InChI=1S/C23H27N5O7S/c1-34-23(31)17-10-11-18(25-13-17)21(24)26-35-20(29)14-28-12-6-5-9-19(22(28)30)27-36(32,33)15-16-7-3-2-4-8-16/h2-4,7-8,10-11,13,19,27H,5-6,9,12,14-15H2,1H3,(H2,24,26). The van der Waals surface area contributed by atoms with Gasteiger partial charge in [0, 0.05) is 12.7 Å². The van der Waals surface area contributed by atoms with Gasteiger partial charge in [0.1, 0.15) is 18.3 Å². The lowest BCUT2D eigenvalue weighted by Gasteiger charge is -2.23. The number of amidine groups is 1. The number of hydrogen-bond donors (Lipinski definition) is 2. The summed E-state index contributed by atoms with van der Waals surface area (Å²) in [7, 11) is -2.55. The van der Waals surface area contributed by atoms with E-state index in [-0.39, 0.29) is 29.4 Å². The molecule has 3 N–H and O–H groups in total. The van der Waals surface area contributed by atoms with Crippen molar-refractivity contribution in [3.8, 4) is 0 Å². The molecule has 192 valence electrons. The second-order valence-corrected chi connectivity index (χ2v) is 9.79. The van der Waals surface area contributed by atoms with Crippen LogP contribution in [-0.4, -0.2) is 68.2 Å². The van der Waals surface area contributed by atoms with Crippen molar-refractivity contribution in [1.82, 2.24) is 14.6 Å². The molecule has 0 spiro atoms. The number of amides is 1. The number of pyridine rings is 1. The van der Waals surface area contributed by atoms with Gasteiger partial charge in [-0.15, -0.1) is 0 Å². The number of nitrogens with one attached hydrogen (secondary N) is 1. The first-order chi connectivity index (χ1) is 17.2. The van der Waals surface area contributed by atoms with Gasteiger partial charge in [0.25, 0.3) is 0 Å². The molecule has 1 unspecified atom stereocenters. The molecule has 3 rings (SSSR count). The van der Waals surface area contributed by atoms with E-state index in [0.29, 0.717) is 24.8 Å². The van der Waals surface area contributed by atoms with Crippen LogP contribution in [0.2, 0.25) is 0 Å². The first-order valence-electron chi connectivity index (χ1n) is 11.1. The number of methoxy groups -OCH3 is 1. The van der Waals surface area contributed by atoms with E-state index in [1.165, 1.54) is 30.3 Å². The summed E-state index contributed by atoms with van der Waals surface area (Å²) in [5, 5.41) is 3.54. The predicted molar refractivity (Wildman–Crippen MR) is 129 cm³/mol. The van der Waals surface area contributed by atoms with Gasteiger partial charge in [-0.2, -0.15) is 0 Å². The van der Waals surface area contributed by atoms with Crippen LogP contribution in [0.3, 0.4) is 0 Å². The van der Waals surface area contributed by atoms with Gasteiger partial charge in [-0.1, -0.05) is 35.5 Å². The lowest BCUT2D eigenvalue weighted by atomic mass is 10.1. The topological polar surface area (TPSA) is 170 Å². The smallest absolute Gasteiger partial charge is 0.354 e. The van der Waals surface area contributed by atoms with Crippen LogP contribution in [0.5, 0.6) is 0 Å². The molecule has 1 aromatic heterocycles. The third-order valence-corrected chi connectivity index (χ3v) is 6.67. The normalized spacial score (nSPS) is 16.8. The van der Waals surface area contributed by atoms with E-state index in [4.69, 9.17) is 10.6 Å². The summed E-state index contributed by atoms with van der Waals surface area (Å²) in [5.74, 6) is -2.42. The Morgan fingerprint density at radius 3 is 2.61 bits per heavy atom. The minimum atomic E-state index is -3.79. The van der Waals surface area contributed by atoms with Crippen molar-refractivity contribution >= 4 is 33.7 Å². The summed E-state index contributed by atoms with van der Waals surface area (Å²) in [6, 6.07) is 10.5. The number of nitrogens with zero attached hydrogens (tertiary/aromatic N) is 3. The molecule has 1 amide bonds. The van der Waals surface area contributed by atoms with Crippen LogP contribution in [0.1, 0.15) is 40.9 Å². The number of ether oxygens (including phenoxy) is 1. The number of carbonyl (C=O) groups is 3. The van der Waals surface area contributed by atoms with Crippen molar-refractivity contribution in [3.63, 3.8) is 0 Å². The molecule has 1 aromatic carbocycles. The van der Waals surface area contributed by atoms with Gasteiger partial charge in [0.15, 0.2) is 5.84 Å². The number of likely N-dealkylation sites (tertiary alicyclic amines) is 1. The van der Waals surface area contributed by atoms with E-state index >= 15 is 0 Å². The number of oxime groups is 1. The van der Waals surface area contributed by atoms with Crippen molar-refractivity contribution in [2.45, 2.75) is 31.1 Å². The van der Waals surface area contributed by atoms with Crippen LogP contribution in [-0.2, 0) is 34.9 Å². The maximum atomic E-state index is 13.0. The van der Waals surface area contributed by atoms with E-state index in [0.717, 1.165) is 0 Å². The maximum absolute atomic E-state index is 13.0. The number of hydrogen-bond acceptors (Lipinski definition) is 9. The number of carbonyl (C=O) groups excluding carboxylic acids is 3. The average Bonchev–Trinajstić information content (AvgIpc) is 3.03. The quantitative estimate of drug-likeness (QED) is 0.158. The third-order valence-electron chi connectivity index (χ3n) is 5.31. The predicted octanol–water partition coefficient (Wildman–Crippen LogP) is 0.532. The molecular weight excluding hydrogens is 490 g/mol. The lowest BCUT2D eigenvalue weighted by Crippen LogP contribution is -2.49. The van der Waals surface area contributed by atoms with E-state index < -0.39 is 40.5 Å². The molecule has 36 heavy (non-hydrogen) atoms. The fourth-order valence-corrected chi connectivity index (χ4v) is 4.91. The Kier molecular flexibility index (Phi) is 9.08. The van der Waals surface area contributed by atoms with Gasteiger partial charge in [0.05, 0.1) is 18.4 Å². The van der Waals surface area contributed by atoms with Gasteiger partial charge in [-0.3, -0.25) is 9.78 Å². The van der Waals surface area contributed by atoms with Crippen molar-refractivity contribution in [1.29, 1.82) is 0 Å². The molecule has 2 heterocycles. The Bertz CT molecular complexity index is 1220. The summed E-state index contributed by atoms with van der Waals surface area (Å²) in [4.78, 5) is 46.8. The molecule has 13 heteroatoms. The van der Waals surface area contributed by atoms with Crippen LogP contribution in [0.25, 0.3) is 0 Å². The highest BCUT2D eigenvalue weighted by Gasteiger charge is 2.31.